The summed E-state index contributed by atoms with van der Waals surface area (Å²) >= 11 is 0. The molecule has 1 aromatic heterocycles. The van der Waals surface area contributed by atoms with Crippen LogP contribution in [0.1, 0.15) is 18.7 Å². The smallest absolute Gasteiger partial charge is 0.322 e. The number of aromatic nitrogens is 1. The molecule has 1 aromatic carbocycles. The average Bonchev–Trinajstić information content (AvgIpc) is 2.92. The van der Waals surface area contributed by atoms with Crippen molar-refractivity contribution in [1.82, 2.24) is 9.47 Å². The summed E-state index contributed by atoms with van der Waals surface area (Å²) in [6.45, 7) is 3.11. The van der Waals surface area contributed by atoms with Crippen LogP contribution in [0, 0.1) is 11.6 Å². The molecule has 21 heavy (non-hydrogen) atoms. The van der Waals surface area contributed by atoms with Gasteiger partial charge in [-0.15, -0.1) is 0 Å². The minimum absolute atomic E-state index is 0.120. The zero-order valence-electron chi connectivity index (χ0n) is 11.5. The molecular weight excluding hydrogens is 276 g/mol. The van der Waals surface area contributed by atoms with Crippen molar-refractivity contribution in [3.8, 4) is 0 Å². The van der Waals surface area contributed by atoms with E-state index in [9.17, 15) is 13.6 Å². The van der Waals surface area contributed by atoms with E-state index in [1.54, 1.807) is 4.90 Å². The number of benzene rings is 1. The molecule has 2 aromatic rings. The molecule has 0 saturated carbocycles. The molecule has 0 bridgehead atoms. The topological polar surface area (TPSA) is 37.3 Å². The van der Waals surface area contributed by atoms with Crippen LogP contribution in [0.5, 0.6) is 0 Å². The summed E-state index contributed by atoms with van der Waals surface area (Å²) in [7, 11) is 0. The van der Waals surface area contributed by atoms with Crippen molar-refractivity contribution >= 4 is 11.7 Å². The van der Waals surface area contributed by atoms with Crippen LogP contribution < -0.4 is 5.32 Å². The van der Waals surface area contributed by atoms with Crippen molar-refractivity contribution in [3.63, 3.8) is 0 Å². The summed E-state index contributed by atoms with van der Waals surface area (Å²) in [5, 5.41) is 2.44. The molecule has 1 aliphatic rings. The van der Waals surface area contributed by atoms with Gasteiger partial charge in [0, 0.05) is 31.0 Å². The van der Waals surface area contributed by atoms with Crippen LogP contribution in [0.2, 0.25) is 0 Å². The first kappa shape index (κ1) is 13.6. The first-order chi connectivity index (χ1) is 10.1. The van der Waals surface area contributed by atoms with Crippen LogP contribution in [-0.4, -0.2) is 22.0 Å². The number of hydrogen-bond donors (Lipinski definition) is 1. The van der Waals surface area contributed by atoms with E-state index in [1.807, 2.05) is 25.3 Å². The minimum Gasteiger partial charge on any atom is -0.348 e. The Hall–Kier alpha value is -2.37. The third-order valence-corrected chi connectivity index (χ3v) is 3.77. The van der Waals surface area contributed by atoms with Gasteiger partial charge in [-0.25, -0.2) is 13.6 Å². The Morgan fingerprint density at radius 2 is 2.10 bits per heavy atom. The van der Waals surface area contributed by atoms with Crippen molar-refractivity contribution in [2.24, 2.45) is 0 Å². The fourth-order valence-electron chi connectivity index (χ4n) is 2.64. The molecule has 3 rings (SSSR count). The van der Waals surface area contributed by atoms with Gasteiger partial charge < -0.3 is 14.8 Å². The number of carbonyl (C=O) groups is 1. The molecule has 0 unspecified atom stereocenters. The predicted octanol–water partition coefficient (Wildman–Crippen LogP) is 3.38. The van der Waals surface area contributed by atoms with Crippen LogP contribution >= 0.6 is 0 Å². The third-order valence-electron chi connectivity index (χ3n) is 3.77. The molecule has 1 aliphatic heterocycles. The summed E-state index contributed by atoms with van der Waals surface area (Å²) in [5.41, 5.74) is 0.879. The zero-order valence-corrected chi connectivity index (χ0v) is 11.5. The molecule has 1 atom stereocenters. The minimum atomic E-state index is -0.655. The maximum atomic E-state index is 13.6. The van der Waals surface area contributed by atoms with E-state index in [0.29, 0.717) is 13.1 Å². The number of amides is 2. The van der Waals surface area contributed by atoms with Gasteiger partial charge in [-0.3, -0.25) is 0 Å². The summed E-state index contributed by atoms with van der Waals surface area (Å²) in [6.07, 6.45) is 1.97. The molecule has 0 aliphatic carbocycles. The molecule has 0 radical (unpaired) electrons. The largest absolute Gasteiger partial charge is 0.348 e. The number of carbonyl (C=O) groups excluding carboxylic acids is 1. The highest BCUT2D eigenvalue weighted by atomic mass is 19.1. The summed E-state index contributed by atoms with van der Waals surface area (Å²) in [5.74, 6) is -1.25. The second kappa shape index (κ2) is 5.20. The van der Waals surface area contributed by atoms with Gasteiger partial charge in [-0.05, 0) is 31.2 Å². The van der Waals surface area contributed by atoms with Gasteiger partial charge in [0.05, 0.1) is 11.7 Å². The Balaban J connectivity index is 1.79. The lowest BCUT2D eigenvalue weighted by Gasteiger charge is -2.34. The van der Waals surface area contributed by atoms with Crippen LogP contribution in [0.25, 0.3) is 0 Å². The lowest BCUT2D eigenvalue weighted by atomic mass is 10.1. The number of halogens is 2. The Morgan fingerprint density at radius 3 is 2.90 bits per heavy atom. The Bertz CT molecular complexity index is 683. The molecule has 6 heteroatoms. The summed E-state index contributed by atoms with van der Waals surface area (Å²) in [4.78, 5) is 13.9. The highest BCUT2D eigenvalue weighted by Crippen LogP contribution is 2.26. The van der Waals surface area contributed by atoms with E-state index in [2.05, 4.69) is 9.88 Å². The molecule has 2 amide bonds. The average molecular weight is 291 g/mol. The summed E-state index contributed by atoms with van der Waals surface area (Å²) < 4.78 is 28.8. The highest BCUT2D eigenvalue weighted by molar-refractivity contribution is 5.89. The van der Waals surface area contributed by atoms with Gasteiger partial charge in [0.25, 0.3) is 0 Å². The second-order valence-electron chi connectivity index (χ2n) is 5.05. The predicted molar refractivity (Wildman–Crippen MR) is 74.9 cm³/mol. The number of anilines is 1. The molecule has 1 N–H and O–H groups in total. The number of fused-ring (bicyclic) bond motifs is 1. The lowest BCUT2D eigenvalue weighted by Crippen LogP contribution is -2.43. The van der Waals surface area contributed by atoms with Gasteiger partial charge in [0.2, 0.25) is 0 Å². The fourth-order valence-corrected chi connectivity index (χ4v) is 2.64. The van der Waals surface area contributed by atoms with Crippen LogP contribution in [0.4, 0.5) is 19.3 Å². The Labute approximate surface area is 121 Å². The number of nitrogens with one attached hydrogen (secondary N) is 1. The van der Waals surface area contributed by atoms with Gasteiger partial charge in [-0.2, -0.15) is 0 Å². The molecule has 0 spiro atoms. The fraction of sp³-hybridized carbons (Fsp3) is 0.267. The standard InChI is InChI=1S/C15H15F2N3O/c1-10-14-3-2-6-19(14)7-8-20(10)15(21)18-13-9-11(16)4-5-12(13)17/h2-6,9-10H,7-8H2,1H3,(H,18,21)/t10-/m0/s1. The van der Waals surface area contributed by atoms with E-state index in [-0.39, 0.29) is 11.7 Å². The van der Waals surface area contributed by atoms with E-state index in [0.717, 1.165) is 23.9 Å². The first-order valence-electron chi connectivity index (χ1n) is 6.74. The highest BCUT2D eigenvalue weighted by Gasteiger charge is 2.27. The van der Waals surface area contributed by atoms with E-state index >= 15 is 0 Å². The molecule has 110 valence electrons. The number of nitrogens with zero attached hydrogens (tertiary/aromatic N) is 2. The normalized spacial score (nSPS) is 17.5. The second-order valence-corrected chi connectivity index (χ2v) is 5.05. The number of hydrogen-bond acceptors (Lipinski definition) is 1. The van der Waals surface area contributed by atoms with E-state index in [1.165, 1.54) is 0 Å². The van der Waals surface area contributed by atoms with Gasteiger partial charge in [-0.1, -0.05) is 0 Å². The Morgan fingerprint density at radius 1 is 1.29 bits per heavy atom. The van der Waals surface area contributed by atoms with Crippen molar-refractivity contribution in [2.45, 2.75) is 19.5 Å². The Kier molecular flexibility index (Phi) is 3.37. The summed E-state index contributed by atoms with van der Waals surface area (Å²) in [6, 6.07) is 6.32. The maximum Gasteiger partial charge on any atom is 0.322 e. The third kappa shape index (κ3) is 2.49. The van der Waals surface area contributed by atoms with Crippen molar-refractivity contribution < 1.29 is 13.6 Å². The van der Waals surface area contributed by atoms with E-state index < -0.39 is 17.7 Å². The zero-order chi connectivity index (χ0) is 15.0. The van der Waals surface area contributed by atoms with Crippen LogP contribution in [-0.2, 0) is 6.54 Å². The molecular formula is C15H15F2N3O. The van der Waals surface area contributed by atoms with Crippen molar-refractivity contribution in [2.75, 3.05) is 11.9 Å². The van der Waals surface area contributed by atoms with Crippen LogP contribution in [0.15, 0.2) is 36.5 Å². The monoisotopic (exact) mass is 291 g/mol. The quantitative estimate of drug-likeness (QED) is 0.859. The number of urea groups is 1. The maximum absolute atomic E-state index is 13.6. The van der Waals surface area contributed by atoms with Crippen molar-refractivity contribution in [3.05, 3.63) is 53.9 Å². The molecule has 2 heterocycles. The lowest BCUT2D eigenvalue weighted by molar-refractivity contribution is 0.175. The van der Waals surface area contributed by atoms with Gasteiger partial charge >= 0.3 is 6.03 Å². The van der Waals surface area contributed by atoms with E-state index in [4.69, 9.17) is 0 Å². The van der Waals surface area contributed by atoms with Gasteiger partial charge in [0.15, 0.2) is 0 Å². The molecule has 0 saturated heterocycles. The van der Waals surface area contributed by atoms with Crippen molar-refractivity contribution in [1.29, 1.82) is 0 Å². The molecule has 4 nitrogen and oxygen atoms in total. The molecule has 0 fully saturated rings. The first-order valence-corrected chi connectivity index (χ1v) is 6.74. The SMILES string of the molecule is C[C@H]1c2cccn2CCN1C(=O)Nc1cc(F)ccc1F. The number of rotatable bonds is 1. The van der Waals surface area contributed by atoms with Crippen LogP contribution in [0.3, 0.4) is 0 Å². The van der Waals surface area contributed by atoms with Gasteiger partial charge in [0.1, 0.15) is 11.6 Å².